The van der Waals surface area contributed by atoms with E-state index in [4.69, 9.17) is 9.47 Å². The number of aryl methyl sites for hydroxylation is 1. The Morgan fingerprint density at radius 1 is 1.29 bits per heavy atom. The van der Waals surface area contributed by atoms with Gasteiger partial charge in [-0.2, -0.15) is 5.10 Å². The predicted octanol–water partition coefficient (Wildman–Crippen LogP) is 1.01. The fourth-order valence-electron chi connectivity index (χ4n) is 1.32. The summed E-state index contributed by atoms with van der Waals surface area (Å²) in [5.74, 6) is -0.744. The maximum Gasteiger partial charge on any atom is 0.356 e. The molecule has 0 amide bonds. The Hall–Kier alpha value is -1.85. The minimum absolute atomic E-state index is 0.182. The van der Waals surface area contributed by atoms with Crippen LogP contribution in [0.3, 0.4) is 0 Å². The molecule has 0 N–H and O–H groups in total. The van der Waals surface area contributed by atoms with E-state index in [0.29, 0.717) is 25.5 Å². The van der Waals surface area contributed by atoms with E-state index in [2.05, 4.69) is 5.10 Å². The zero-order valence-electron chi connectivity index (χ0n) is 10.0. The standard InChI is InChI=1S/C11H16N2O4/c1-3-16-10(14)6-8-13-9(5-7-12-13)11(15)17-4-2/h5,7H,3-4,6,8H2,1-2H3. The Morgan fingerprint density at radius 2 is 2.00 bits per heavy atom. The summed E-state index contributed by atoms with van der Waals surface area (Å²) < 4.78 is 11.1. The first kappa shape index (κ1) is 13.2. The number of rotatable bonds is 6. The molecule has 0 spiro atoms. The predicted molar refractivity (Wildman–Crippen MR) is 59.4 cm³/mol. The van der Waals surface area contributed by atoms with Crippen LogP contribution in [0.25, 0.3) is 0 Å². The van der Waals surface area contributed by atoms with Crippen LogP contribution in [0.2, 0.25) is 0 Å². The molecule has 6 heteroatoms. The third-order valence-corrected chi connectivity index (χ3v) is 2.03. The minimum Gasteiger partial charge on any atom is -0.466 e. The molecule has 94 valence electrons. The number of carbonyl (C=O) groups excluding carboxylic acids is 2. The molecule has 0 aliphatic heterocycles. The van der Waals surface area contributed by atoms with Crippen LogP contribution in [0.5, 0.6) is 0 Å². The van der Waals surface area contributed by atoms with E-state index in [1.165, 1.54) is 10.9 Å². The van der Waals surface area contributed by atoms with Gasteiger partial charge in [0.15, 0.2) is 0 Å². The Labute approximate surface area is 99.5 Å². The fraction of sp³-hybridized carbons (Fsp3) is 0.545. The minimum atomic E-state index is -0.436. The van der Waals surface area contributed by atoms with Crippen LogP contribution in [-0.2, 0) is 20.8 Å². The van der Waals surface area contributed by atoms with Crippen molar-refractivity contribution in [3.05, 3.63) is 18.0 Å². The molecule has 1 heterocycles. The van der Waals surface area contributed by atoms with Crippen molar-refractivity contribution in [3.8, 4) is 0 Å². The molecule has 1 rings (SSSR count). The van der Waals surface area contributed by atoms with Gasteiger partial charge >= 0.3 is 11.9 Å². The average Bonchev–Trinajstić information content (AvgIpc) is 2.75. The van der Waals surface area contributed by atoms with Gasteiger partial charge in [-0.3, -0.25) is 9.48 Å². The maximum atomic E-state index is 11.5. The summed E-state index contributed by atoms with van der Waals surface area (Å²) in [6.45, 7) is 4.44. The summed E-state index contributed by atoms with van der Waals surface area (Å²) in [5, 5.41) is 3.96. The smallest absolute Gasteiger partial charge is 0.356 e. The summed E-state index contributed by atoms with van der Waals surface area (Å²) in [5.41, 5.74) is 0.344. The van der Waals surface area contributed by atoms with Crippen LogP contribution in [0.4, 0.5) is 0 Å². The van der Waals surface area contributed by atoms with Gasteiger partial charge in [0.05, 0.1) is 26.2 Å². The lowest BCUT2D eigenvalue weighted by Gasteiger charge is -2.06. The molecule has 0 radical (unpaired) electrons. The third kappa shape index (κ3) is 3.90. The molecule has 0 aliphatic carbocycles. The van der Waals surface area contributed by atoms with Gasteiger partial charge in [0, 0.05) is 6.20 Å². The van der Waals surface area contributed by atoms with Crippen molar-refractivity contribution in [2.75, 3.05) is 13.2 Å². The molecule has 0 bridgehead atoms. The monoisotopic (exact) mass is 240 g/mol. The molecule has 17 heavy (non-hydrogen) atoms. The summed E-state index contributed by atoms with van der Waals surface area (Å²) >= 11 is 0. The van der Waals surface area contributed by atoms with Gasteiger partial charge in [-0.15, -0.1) is 0 Å². The molecule has 6 nitrogen and oxygen atoms in total. The highest BCUT2D eigenvalue weighted by atomic mass is 16.5. The summed E-state index contributed by atoms with van der Waals surface area (Å²) in [6.07, 6.45) is 1.68. The third-order valence-electron chi connectivity index (χ3n) is 2.03. The van der Waals surface area contributed by atoms with Crippen molar-refractivity contribution in [3.63, 3.8) is 0 Å². The van der Waals surface area contributed by atoms with Crippen molar-refractivity contribution in [2.45, 2.75) is 26.8 Å². The first-order chi connectivity index (χ1) is 8.19. The molecular formula is C11H16N2O4. The summed E-state index contributed by atoms with van der Waals surface area (Å²) in [6, 6.07) is 1.56. The molecular weight excluding hydrogens is 224 g/mol. The molecule has 0 atom stereocenters. The Balaban J connectivity index is 2.57. The van der Waals surface area contributed by atoms with Gasteiger partial charge in [0.1, 0.15) is 5.69 Å². The van der Waals surface area contributed by atoms with Crippen molar-refractivity contribution >= 4 is 11.9 Å². The van der Waals surface area contributed by atoms with Crippen LogP contribution in [-0.4, -0.2) is 34.9 Å². The highest BCUT2D eigenvalue weighted by Gasteiger charge is 2.13. The number of ether oxygens (including phenoxy) is 2. The summed E-state index contributed by atoms with van der Waals surface area (Å²) in [4.78, 5) is 22.7. The van der Waals surface area contributed by atoms with Crippen molar-refractivity contribution < 1.29 is 19.1 Å². The van der Waals surface area contributed by atoms with Crippen molar-refractivity contribution in [1.29, 1.82) is 0 Å². The molecule has 0 aromatic carbocycles. The van der Waals surface area contributed by atoms with Crippen LogP contribution >= 0.6 is 0 Å². The number of hydrogen-bond donors (Lipinski definition) is 0. The molecule has 0 aliphatic rings. The van der Waals surface area contributed by atoms with E-state index in [-0.39, 0.29) is 12.4 Å². The van der Waals surface area contributed by atoms with Crippen molar-refractivity contribution in [2.24, 2.45) is 0 Å². The topological polar surface area (TPSA) is 70.4 Å². The SMILES string of the molecule is CCOC(=O)CCn1nccc1C(=O)OCC. The molecule has 0 unspecified atom stereocenters. The van der Waals surface area contributed by atoms with E-state index in [1.54, 1.807) is 19.9 Å². The normalized spacial score (nSPS) is 10.0. The molecule has 0 fully saturated rings. The zero-order chi connectivity index (χ0) is 12.7. The zero-order valence-corrected chi connectivity index (χ0v) is 10.0. The van der Waals surface area contributed by atoms with Gasteiger partial charge in [0.25, 0.3) is 0 Å². The lowest BCUT2D eigenvalue weighted by molar-refractivity contribution is -0.143. The van der Waals surface area contributed by atoms with Crippen molar-refractivity contribution in [1.82, 2.24) is 9.78 Å². The quantitative estimate of drug-likeness (QED) is 0.694. The Bertz CT molecular complexity index is 387. The number of aromatic nitrogens is 2. The Morgan fingerprint density at radius 3 is 2.65 bits per heavy atom. The number of carbonyl (C=O) groups is 2. The van der Waals surface area contributed by atoms with Crippen LogP contribution in [0.1, 0.15) is 30.8 Å². The summed E-state index contributed by atoms with van der Waals surface area (Å²) in [7, 11) is 0. The average molecular weight is 240 g/mol. The maximum absolute atomic E-state index is 11.5. The van der Waals surface area contributed by atoms with E-state index in [1.807, 2.05) is 0 Å². The van der Waals surface area contributed by atoms with Gasteiger partial charge in [-0.25, -0.2) is 4.79 Å². The first-order valence-electron chi connectivity index (χ1n) is 5.53. The van der Waals surface area contributed by atoms with Gasteiger partial charge < -0.3 is 9.47 Å². The van der Waals surface area contributed by atoms with E-state index >= 15 is 0 Å². The fourth-order valence-corrected chi connectivity index (χ4v) is 1.32. The highest BCUT2D eigenvalue weighted by molar-refractivity contribution is 5.87. The van der Waals surface area contributed by atoms with Gasteiger partial charge in [-0.05, 0) is 19.9 Å². The van der Waals surface area contributed by atoms with Crippen LogP contribution < -0.4 is 0 Å². The Kier molecular flexibility index (Phi) is 5.19. The largest absolute Gasteiger partial charge is 0.466 e. The number of esters is 2. The molecule has 1 aromatic heterocycles. The second-order valence-corrected chi connectivity index (χ2v) is 3.22. The highest BCUT2D eigenvalue weighted by Crippen LogP contribution is 2.03. The van der Waals surface area contributed by atoms with E-state index in [9.17, 15) is 9.59 Å². The second-order valence-electron chi connectivity index (χ2n) is 3.22. The second kappa shape index (κ2) is 6.67. The van der Waals surface area contributed by atoms with Gasteiger partial charge in [-0.1, -0.05) is 0 Å². The van der Waals surface area contributed by atoms with E-state index < -0.39 is 5.97 Å². The molecule has 0 saturated heterocycles. The molecule has 0 saturated carbocycles. The molecule has 1 aromatic rings. The first-order valence-corrected chi connectivity index (χ1v) is 5.53. The van der Waals surface area contributed by atoms with Crippen LogP contribution in [0.15, 0.2) is 12.3 Å². The van der Waals surface area contributed by atoms with E-state index in [0.717, 1.165) is 0 Å². The lowest BCUT2D eigenvalue weighted by Crippen LogP contribution is -2.16. The number of hydrogen-bond acceptors (Lipinski definition) is 5. The lowest BCUT2D eigenvalue weighted by atomic mass is 10.4. The number of nitrogens with zero attached hydrogens (tertiary/aromatic N) is 2. The van der Waals surface area contributed by atoms with Crippen LogP contribution in [0, 0.1) is 0 Å². The van der Waals surface area contributed by atoms with Gasteiger partial charge in [0.2, 0.25) is 0 Å².